The monoisotopic (exact) mass is 488 g/mol. The summed E-state index contributed by atoms with van der Waals surface area (Å²) >= 11 is 0. The van der Waals surface area contributed by atoms with Gasteiger partial charge in [0.2, 0.25) is 0 Å². The van der Waals surface area contributed by atoms with Gasteiger partial charge in [-0.1, -0.05) is 12.1 Å². The average molecular weight is 489 g/mol. The number of ether oxygens (including phenoxy) is 2. The molecular weight excluding hydrogens is 456 g/mol. The first-order valence-corrected chi connectivity index (χ1v) is 12.6. The first-order valence-electron chi connectivity index (χ1n) is 12.6. The Morgan fingerprint density at radius 2 is 2.00 bits per heavy atom. The van der Waals surface area contributed by atoms with E-state index in [1.54, 1.807) is 14.2 Å². The summed E-state index contributed by atoms with van der Waals surface area (Å²) in [5.74, 6) is 2.00. The summed E-state index contributed by atoms with van der Waals surface area (Å²) in [6, 6.07) is 8.38. The standard InChI is InChI=1S/C27H32N6O3/c1-29-26-25-20(17-28)5-6-22(25)30-24(31-26)16-18-3-4-19(15-23(18)35-2)27(34)33-9-7-21(8-10-33)32-11-13-36-14-12-32/h3-5,15,21H,6-14,16H2,1-2H3,(H,29,30,31). The lowest BCUT2D eigenvalue weighted by molar-refractivity contribution is 0.00158. The van der Waals surface area contributed by atoms with Gasteiger partial charge in [-0.15, -0.1) is 0 Å². The maximum atomic E-state index is 13.3. The number of morpholine rings is 1. The molecule has 2 saturated heterocycles. The number of nitriles is 1. The van der Waals surface area contributed by atoms with Gasteiger partial charge in [0, 0.05) is 63.2 Å². The van der Waals surface area contributed by atoms with Crippen LogP contribution in [0, 0.1) is 11.3 Å². The molecule has 188 valence electrons. The number of nitrogens with one attached hydrogen (secondary N) is 1. The molecule has 1 aromatic heterocycles. The second kappa shape index (κ2) is 10.6. The topological polar surface area (TPSA) is 104 Å². The number of piperidine rings is 1. The molecule has 5 rings (SSSR count). The highest BCUT2D eigenvalue weighted by Gasteiger charge is 2.29. The largest absolute Gasteiger partial charge is 0.496 e. The first-order chi connectivity index (χ1) is 17.6. The van der Waals surface area contributed by atoms with Crippen molar-refractivity contribution in [1.82, 2.24) is 19.8 Å². The molecule has 2 aromatic rings. The molecule has 9 heteroatoms. The van der Waals surface area contributed by atoms with Crippen molar-refractivity contribution in [3.05, 3.63) is 52.5 Å². The van der Waals surface area contributed by atoms with Crippen LogP contribution >= 0.6 is 0 Å². The Morgan fingerprint density at radius 3 is 2.69 bits per heavy atom. The van der Waals surface area contributed by atoms with Crippen LogP contribution in [0.5, 0.6) is 5.75 Å². The van der Waals surface area contributed by atoms with Crippen molar-refractivity contribution >= 4 is 17.3 Å². The molecule has 1 aliphatic carbocycles. The van der Waals surface area contributed by atoms with Crippen LogP contribution in [0.25, 0.3) is 5.57 Å². The number of carbonyl (C=O) groups excluding carboxylic acids is 1. The van der Waals surface area contributed by atoms with Gasteiger partial charge in [0.1, 0.15) is 17.4 Å². The molecular formula is C27H32N6O3. The average Bonchev–Trinajstić information content (AvgIpc) is 3.36. The molecule has 0 saturated carbocycles. The molecule has 0 bridgehead atoms. The number of aromatic nitrogens is 2. The number of hydrogen-bond donors (Lipinski definition) is 1. The van der Waals surface area contributed by atoms with Gasteiger partial charge in [-0.05, 0) is 25.0 Å². The van der Waals surface area contributed by atoms with Crippen LogP contribution in [0.2, 0.25) is 0 Å². The number of methoxy groups -OCH3 is 1. The van der Waals surface area contributed by atoms with E-state index < -0.39 is 0 Å². The Bertz CT molecular complexity index is 1210. The number of anilines is 1. The van der Waals surface area contributed by atoms with Gasteiger partial charge < -0.3 is 19.7 Å². The molecule has 9 nitrogen and oxygen atoms in total. The summed E-state index contributed by atoms with van der Waals surface area (Å²) in [6.07, 6.45) is 4.95. The summed E-state index contributed by atoms with van der Waals surface area (Å²) in [6.45, 7) is 5.10. The van der Waals surface area contributed by atoms with E-state index >= 15 is 0 Å². The van der Waals surface area contributed by atoms with Gasteiger partial charge in [0.15, 0.2) is 0 Å². The summed E-state index contributed by atoms with van der Waals surface area (Å²) in [5.41, 5.74) is 3.79. The smallest absolute Gasteiger partial charge is 0.253 e. The molecule has 1 amide bonds. The molecule has 3 aliphatic rings. The van der Waals surface area contributed by atoms with Crippen molar-refractivity contribution in [2.24, 2.45) is 0 Å². The zero-order chi connectivity index (χ0) is 25.1. The van der Waals surface area contributed by atoms with Crippen molar-refractivity contribution in [3.8, 4) is 11.8 Å². The third-order valence-electron chi connectivity index (χ3n) is 7.35. The molecule has 0 unspecified atom stereocenters. The summed E-state index contributed by atoms with van der Waals surface area (Å²) < 4.78 is 11.1. The highest BCUT2D eigenvalue weighted by atomic mass is 16.5. The number of allylic oxidation sites excluding steroid dienone is 2. The van der Waals surface area contributed by atoms with Crippen LogP contribution in [-0.2, 0) is 17.6 Å². The third kappa shape index (κ3) is 4.79. The van der Waals surface area contributed by atoms with Gasteiger partial charge >= 0.3 is 0 Å². The highest BCUT2D eigenvalue weighted by molar-refractivity contribution is 5.95. The SMILES string of the molecule is CNc1nc(Cc2ccc(C(=O)N3CCC(N4CCOCC4)CC3)cc2OC)nc2c1C(C#N)=CC2. The maximum Gasteiger partial charge on any atom is 0.253 e. The Kier molecular flexibility index (Phi) is 7.16. The zero-order valence-electron chi connectivity index (χ0n) is 20.9. The first kappa shape index (κ1) is 24.2. The zero-order valence-corrected chi connectivity index (χ0v) is 20.9. The minimum absolute atomic E-state index is 0.0432. The van der Waals surface area contributed by atoms with Gasteiger partial charge in [-0.25, -0.2) is 9.97 Å². The van der Waals surface area contributed by atoms with Gasteiger partial charge in [-0.2, -0.15) is 5.26 Å². The number of fused-ring (bicyclic) bond motifs is 1. The van der Waals surface area contributed by atoms with Gasteiger partial charge in [-0.3, -0.25) is 9.69 Å². The van der Waals surface area contributed by atoms with E-state index in [9.17, 15) is 10.1 Å². The fourth-order valence-corrected chi connectivity index (χ4v) is 5.40. The van der Waals surface area contributed by atoms with E-state index in [4.69, 9.17) is 14.5 Å². The van der Waals surface area contributed by atoms with Crippen LogP contribution in [0.4, 0.5) is 5.82 Å². The van der Waals surface area contributed by atoms with Crippen molar-refractivity contribution in [2.75, 3.05) is 58.9 Å². The third-order valence-corrected chi connectivity index (χ3v) is 7.35. The molecule has 2 fully saturated rings. The normalized spacial score (nSPS) is 18.4. The Labute approximate surface area is 211 Å². The minimum Gasteiger partial charge on any atom is -0.496 e. The Hall–Kier alpha value is -3.48. The maximum absolute atomic E-state index is 13.3. The van der Waals surface area contributed by atoms with Crippen molar-refractivity contribution in [1.29, 1.82) is 5.26 Å². The molecule has 0 radical (unpaired) electrons. The van der Waals surface area contributed by atoms with E-state index in [1.165, 1.54) is 0 Å². The number of amides is 1. The molecule has 3 heterocycles. The predicted molar refractivity (Wildman–Crippen MR) is 136 cm³/mol. The lowest BCUT2D eigenvalue weighted by Gasteiger charge is -2.40. The number of benzene rings is 1. The second-order valence-corrected chi connectivity index (χ2v) is 9.37. The quantitative estimate of drug-likeness (QED) is 0.662. The van der Waals surface area contributed by atoms with Crippen molar-refractivity contribution in [2.45, 2.75) is 31.7 Å². The number of rotatable bonds is 6. The lowest BCUT2D eigenvalue weighted by atomic mass is 10.0. The fourth-order valence-electron chi connectivity index (χ4n) is 5.40. The number of nitrogens with zero attached hydrogens (tertiary/aromatic N) is 5. The molecule has 0 atom stereocenters. The van der Waals surface area contributed by atoms with Crippen LogP contribution in [0.15, 0.2) is 24.3 Å². The van der Waals surface area contributed by atoms with Gasteiger partial charge in [0.25, 0.3) is 5.91 Å². The molecule has 1 N–H and O–H groups in total. The second-order valence-electron chi connectivity index (χ2n) is 9.37. The number of hydrogen-bond acceptors (Lipinski definition) is 8. The fraction of sp³-hybridized carbons (Fsp3) is 0.481. The summed E-state index contributed by atoms with van der Waals surface area (Å²) in [7, 11) is 3.41. The van der Waals surface area contributed by atoms with E-state index in [-0.39, 0.29) is 5.91 Å². The van der Waals surface area contributed by atoms with E-state index in [2.05, 4.69) is 21.3 Å². The predicted octanol–water partition coefficient (Wildman–Crippen LogP) is 2.52. The summed E-state index contributed by atoms with van der Waals surface area (Å²) in [5, 5.41) is 12.5. The van der Waals surface area contributed by atoms with Gasteiger partial charge in [0.05, 0.1) is 43.2 Å². The van der Waals surface area contributed by atoms with Crippen LogP contribution < -0.4 is 10.1 Å². The van der Waals surface area contributed by atoms with E-state index in [0.29, 0.717) is 47.4 Å². The van der Waals surface area contributed by atoms with Crippen LogP contribution in [0.3, 0.4) is 0 Å². The molecule has 1 aromatic carbocycles. The number of likely N-dealkylation sites (tertiary alicyclic amines) is 1. The highest BCUT2D eigenvalue weighted by Crippen LogP contribution is 2.32. The molecule has 0 spiro atoms. The van der Waals surface area contributed by atoms with Crippen LogP contribution in [0.1, 0.15) is 45.8 Å². The van der Waals surface area contributed by atoms with Crippen molar-refractivity contribution < 1.29 is 14.3 Å². The van der Waals surface area contributed by atoms with Crippen molar-refractivity contribution in [3.63, 3.8) is 0 Å². The Balaban J connectivity index is 1.28. The lowest BCUT2D eigenvalue weighted by Crippen LogP contribution is -2.50. The molecule has 36 heavy (non-hydrogen) atoms. The van der Waals surface area contributed by atoms with E-state index in [0.717, 1.165) is 69.1 Å². The minimum atomic E-state index is 0.0432. The molecule has 2 aliphatic heterocycles. The Morgan fingerprint density at radius 1 is 1.22 bits per heavy atom. The summed E-state index contributed by atoms with van der Waals surface area (Å²) in [4.78, 5) is 27.1. The van der Waals surface area contributed by atoms with Crippen LogP contribution in [-0.4, -0.2) is 85.3 Å². The number of carbonyl (C=O) groups is 1. The van der Waals surface area contributed by atoms with E-state index in [1.807, 2.05) is 29.2 Å².